The Kier molecular flexibility index (Phi) is 4.91. The maximum Gasteiger partial charge on any atom is 0.319 e. The van der Waals surface area contributed by atoms with Crippen LogP contribution in [0.25, 0.3) is 0 Å². The van der Waals surface area contributed by atoms with Crippen LogP contribution in [0.2, 0.25) is 0 Å². The number of aryl methyl sites for hydroxylation is 1. The first kappa shape index (κ1) is 14.2. The van der Waals surface area contributed by atoms with Crippen LogP contribution in [-0.2, 0) is 7.05 Å². The van der Waals surface area contributed by atoms with Gasteiger partial charge in [0.2, 0.25) is 0 Å². The standard InChI is InChI=1S/C12H19N3O3/c1-8(2)10(16)7-13-12(18)14-9-5-4-6-15(3)11(9)17/h4-6,8,10,16H,7H2,1-3H3,(H2,13,14,18). The Labute approximate surface area is 106 Å². The van der Waals surface area contributed by atoms with Gasteiger partial charge in [-0.3, -0.25) is 4.79 Å². The molecule has 0 aliphatic rings. The summed E-state index contributed by atoms with van der Waals surface area (Å²) in [6, 6.07) is 2.69. The van der Waals surface area contributed by atoms with Crippen LogP contribution in [0.4, 0.5) is 10.5 Å². The minimum atomic E-state index is -0.602. The summed E-state index contributed by atoms with van der Waals surface area (Å²) < 4.78 is 1.37. The average Bonchev–Trinajstić information content (AvgIpc) is 2.32. The summed E-state index contributed by atoms with van der Waals surface area (Å²) in [6.07, 6.45) is 1.00. The Morgan fingerprint density at radius 1 is 1.50 bits per heavy atom. The number of nitrogens with one attached hydrogen (secondary N) is 2. The fraction of sp³-hybridized carbons (Fsp3) is 0.500. The third kappa shape index (κ3) is 3.89. The largest absolute Gasteiger partial charge is 0.391 e. The molecule has 1 aromatic heterocycles. The fourth-order valence-electron chi connectivity index (χ4n) is 1.29. The van der Waals surface area contributed by atoms with Crippen molar-refractivity contribution < 1.29 is 9.90 Å². The lowest BCUT2D eigenvalue weighted by Gasteiger charge is -2.15. The predicted molar refractivity (Wildman–Crippen MR) is 69.5 cm³/mol. The molecule has 1 atom stereocenters. The van der Waals surface area contributed by atoms with Crippen LogP contribution in [0.15, 0.2) is 23.1 Å². The van der Waals surface area contributed by atoms with Gasteiger partial charge < -0.3 is 20.3 Å². The molecule has 0 bridgehead atoms. The molecular weight excluding hydrogens is 234 g/mol. The van der Waals surface area contributed by atoms with Crippen molar-refractivity contribution >= 4 is 11.7 Å². The third-order valence-electron chi connectivity index (χ3n) is 2.61. The molecule has 6 heteroatoms. The van der Waals surface area contributed by atoms with Crippen LogP contribution >= 0.6 is 0 Å². The zero-order valence-electron chi connectivity index (χ0n) is 10.8. The third-order valence-corrected chi connectivity index (χ3v) is 2.61. The van der Waals surface area contributed by atoms with Gasteiger partial charge in [0, 0.05) is 19.8 Å². The van der Waals surface area contributed by atoms with E-state index < -0.39 is 12.1 Å². The first-order valence-electron chi connectivity index (χ1n) is 5.80. The van der Waals surface area contributed by atoms with Gasteiger partial charge in [-0.2, -0.15) is 0 Å². The molecule has 100 valence electrons. The lowest BCUT2D eigenvalue weighted by Crippen LogP contribution is -2.38. The van der Waals surface area contributed by atoms with Crippen molar-refractivity contribution in [3.8, 4) is 0 Å². The first-order chi connectivity index (χ1) is 8.41. The molecule has 1 unspecified atom stereocenters. The topological polar surface area (TPSA) is 83.4 Å². The van der Waals surface area contributed by atoms with Gasteiger partial charge in [-0.15, -0.1) is 0 Å². The summed E-state index contributed by atoms with van der Waals surface area (Å²) in [7, 11) is 1.61. The number of carbonyl (C=O) groups is 1. The molecule has 18 heavy (non-hydrogen) atoms. The van der Waals surface area contributed by atoms with Crippen molar-refractivity contribution in [1.29, 1.82) is 0 Å². The minimum Gasteiger partial charge on any atom is -0.391 e. The summed E-state index contributed by atoms with van der Waals surface area (Å²) in [4.78, 5) is 23.1. The lowest BCUT2D eigenvalue weighted by atomic mass is 10.1. The SMILES string of the molecule is CC(C)C(O)CNC(=O)Nc1cccn(C)c1=O. The smallest absolute Gasteiger partial charge is 0.319 e. The molecule has 0 radical (unpaired) electrons. The van der Waals surface area contributed by atoms with Gasteiger partial charge in [0.1, 0.15) is 5.69 Å². The highest BCUT2D eigenvalue weighted by Crippen LogP contribution is 2.00. The molecule has 3 N–H and O–H groups in total. The number of nitrogens with zero attached hydrogens (tertiary/aromatic N) is 1. The van der Waals surface area contributed by atoms with E-state index in [1.807, 2.05) is 13.8 Å². The van der Waals surface area contributed by atoms with E-state index in [9.17, 15) is 14.7 Å². The average molecular weight is 253 g/mol. The first-order valence-corrected chi connectivity index (χ1v) is 5.80. The Hall–Kier alpha value is -1.82. The van der Waals surface area contributed by atoms with Gasteiger partial charge in [-0.05, 0) is 18.1 Å². The number of hydrogen-bond donors (Lipinski definition) is 3. The summed E-state index contributed by atoms with van der Waals surface area (Å²) in [5, 5.41) is 14.5. The molecular formula is C12H19N3O3. The molecule has 0 aliphatic carbocycles. The van der Waals surface area contributed by atoms with Crippen LogP contribution in [0.1, 0.15) is 13.8 Å². The van der Waals surface area contributed by atoms with Gasteiger partial charge in [0.15, 0.2) is 0 Å². The number of amides is 2. The fourth-order valence-corrected chi connectivity index (χ4v) is 1.29. The van der Waals surface area contributed by atoms with E-state index in [2.05, 4.69) is 10.6 Å². The van der Waals surface area contributed by atoms with E-state index in [1.54, 1.807) is 19.3 Å². The second-order valence-corrected chi connectivity index (χ2v) is 4.48. The second-order valence-electron chi connectivity index (χ2n) is 4.48. The predicted octanol–water partition coefficient (Wildman–Crippen LogP) is 0.524. The minimum absolute atomic E-state index is 0.0647. The molecule has 0 aliphatic heterocycles. The van der Waals surface area contributed by atoms with Crippen LogP contribution in [0.5, 0.6) is 0 Å². The zero-order chi connectivity index (χ0) is 13.7. The number of hydrogen-bond acceptors (Lipinski definition) is 3. The lowest BCUT2D eigenvalue weighted by molar-refractivity contribution is 0.126. The van der Waals surface area contributed by atoms with E-state index in [-0.39, 0.29) is 23.7 Å². The number of rotatable bonds is 4. The van der Waals surface area contributed by atoms with Gasteiger partial charge in [0.05, 0.1) is 6.10 Å². The number of pyridine rings is 1. The Morgan fingerprint density at radius 3 is 2.78 bits per heavy atom. The number of aliphatic hydroxyl groups excluding tert-OH is 1. The number of aromatic nitrogens is 1. The van der Waals surface area contributed by atoms with Crippen LogP contribution < -0.4 is 16.2 Å². The van der Waals surface area contributed by atoms with Crippen molar-refractivity contribution in [2.75, 3.05) is 11.9 Å². The molecule has 0 spiro atoms. The van der Waals surface area contributed by atoms with Gasteiger partial charge in [0.25, 0.3) is 5.56 Å². The number of aliphatic hydroxyl groups is 1. The summed E-state index contributed by atoms with van der Waals surface area (Å²) in [6.45, 7) is 3.87. The zero-order valence-corrected chi connectivity index (χ0v) is 10.8. The summed E-state index contributed by atoms with van der Waals surface area (Å²) in [5.74, 6) is 0.0647. The number of anilines is 1. The maximum atomic E-state index is 11.6. The number of carbonyl (C=O) groups excluding carboxylic acids is 1. The maximum absolute atomic E-state index is 11.6. The van der Waals surface area contributed by atoms with E-state index in [4.69, 9.17) is 0 Å². The highest BCUT2D eigenvalue weighted by Gasteiger charge is 2.11. The van der Waals surface area contributed by atoms with E-state index in [1.165, 1.54) is 10.6 Å². The van der Waals surface area contributed by atoms with Crippen molar-refractivity contribution in [3.05, 3.63) is 28.7 Å². The molecule has 2 amide bonds. The van der Waals surface area contributed by atoms with E-state index >= 15 is 0 Å². The van der Waals surface area contributed by atoms with Gasteiger partial charge >= 0.3 is 6.03 Å². The molecule has 0 saturated heterocycles. The highest BCUT2D eigenvalue weighted by molar-refractivity contribution is 5.88. The molecule has 1 aromatic rings. The van der Waals surface area contributed by atoms with Gasteiger partial charge in [-0.1, -0.05) is 13.8 Å². The quantitative estimate of drug-likeness (QED) is 0.731. The monoisotopic (exact) mass is 253 g/mol. The van der Waals surface area contributed by atoms with Crippen LogP contribution in [0, 0.1) is 5.92 Å². The second kappa shape index (κ2) is 6.20. The Balaban J connectivity index is 2.55. The van der Waals surface area contributed by atoms with Crippen molar-refractivity contribution in [3.63, 3.8) is 0 Å². The van der Waals surface area contributed by atoms with E-state index in [0.717, 1.165) is 0 Å². The highest BCUT2D eigenvalue weighted by atomic mass is 16.3. The molecule has 0 aromatic carbocycles. The van der Waals surface area contributed by atoms with Crippen molar-refractivity contribution in [2.45, 2.75) is 20.0 Å². The summed E-state index contributed by atoms with van der Waals surface area (Å²) in [5.41, 5.74) is -0.0754. The Morgan fingerprint density at radius 2 is 2.17 bits per heavy atom. The molecule has 1 rings (SSSR count). The molecule has 0 saturated carbocycles. The van der Waals surface area contributed by atoms with Crippen molar-refractivity contribution in [1.82, 2.24) is 9.88 Å². The van der Waals surface area contributed by atoms with Crippen LogP contribution in [-0.4, -0.2) is 28.4 Å². The normalized spacial score (nSPS) is 12.3. The number of urea groups is 1. The van der Waals surface area contributed by atoms with Gasteiger partial charge in [-0.25, -0.2) is 4.79 Å². The molecule has 1 heterocycles. The van der Waals surface area contributed by atoms with Crippen LogP contribution in [0.3, 0.4) is 0 Å². The summed E-state index contributed by atoms with van der Waals surface area (Å²) >= 11 is 0. The van der Waals surface area contributed by atoms with Crippen molar-refractivity contribution in [2.24, 2.45) is 13.0 Å². The molecule has 0 fully saturated rings. The Bertz CT molecular complexity index is 468. The molecule has 6 nitrogen and oxygen atoms in total. The van der Waals surface area contributed by atoms with E-state index in [0.29, 0.717) is 0 Å².